The molecule has 2 aliphatic rings. The maximum Gasteiger partial charge on any atom is 0.474 e. The number of hydrogen-bond donors (Lipinski definition) is 1. The van der Waals surface area contributed by atoms with Gasteiger partial charge in [0.05, 0.1) is 19.8 Å². The molecule has 28 heavy (non-hydrogen) atoms. The van der Waals surface area contributed by atoms with Crippen molar-refractivity contribution >= 4 is 7.82 Å². The van der Waals surface area contributed by atoms with Crippen LogP contribution in [0.3, 0.4) is 0 Å². The van der Waals surface area contributed by atoms with E-state index < -0.39 is 49.4 Å². The molecule has 1 aromatic rings. The number of hydrogen-bond acceptors (Lipinski definition) is 9. The third-order valence-electron chi connectivity index (χ3n) is 4.22. The first-order valence-corrected chi connectivity index (χ1v) is 10.5. The van der Waals surface area contributed by atoms with Gasteiger partial charge in [0.1, 0.15) is 18.3 Å². The monoisotopic (exact) mass is 420 g/mol. The second kappa shape index (κ2) is 8.19. The van der Waals surface area contributed by atoms with Gasteiger partial charge in [0.25, 0.3) is 5.56 Å². The number of fused-ring (bicyclic) bond motifs is 1. The van der Waals surface area contributed by atoms with Gasteiger partial charge in [-0.2, -0.15) is 0 Å². The molecule has 0 aromatic carbocycles. The first-order chi connectivity index (χ1) is 13.2. The van der Waals surface area contributed by atoms with Gasteiger partial charge in [-0.05, 0) is 27.7 Å². The lowest BCUT2D eigenvalue weighted by molar-refractivity contribution is -0.200. The fraction of sp³-hybridized carbons (Fsp3) is 0.750. The van der Waals surface area contributed by atoms with Gasteiger partial charge >= 0.3 is 13.5 Å². The maximum absolute atomic E-state index is 12.5. The van der Waals surface area contributed by atoms with Gasteiger partial charge in [0, 0.05) is 12.3 Å². The Morgan fingerprint density at radius 2 is 1.79 bits per heavy atom. The number of rotatable bonds is 8. The molecule has 0 saturated carbocycles. The Morgan fingerprint density at radius 1 is 1.14 bits per heavy atom. The Morgan fingerprint density at radius 3 is 2.39 bits per heavy atom. The molecule has 0 unspecified atom stereocenters. The molecule has 0 radical (unpaired) electrons. The SMILES string of the molecule is CCOP(=O)(OCC)OC[C@H]1O[C@@H](n2ccc(=O)[nH]c2=O)[C@@H]2OC(C)(C)O[C@@H]21. The highest BCUT2D eigenvalue weighted by molar-refractivity contribution is 7.48. The van der Waals surface area contributed by atoms with E-state index in [1.165, 1.54) is 16.8 Å². The molecule has 0 spiro atoms. The van der Waals surface area contributed by atoms with Crippen LogP contribution in [0.4, 0.5) is 0 Å². The van der Waals surface area contributed by atoms with Gasteiger partial charge in [-0.25, -0.2) is 9.36 Å². The normalized spacial score (nSPS) is 29.1. The maximum atomic E-state index is 12.5. The van der Waals surface area contributed by atoms with E-state index in [1.807, 2.05) is 0 Å². The number of nitrogens with one attached hydrogen (secondary N) is 1. The Bertz CT molecular complexity index is 841. The van der Waals surface area contributed by atoms with Crippen molar-refractivity contribution in [3.63, 3.8) is 0 Å². The van der Waals surface area contributed by atoms with Crippen LogP contribution in [0.15, 0.2) is 21.9 Å². The van der Waals surface area contributed by atoms with Gasteiger partial charge < -0.3 is 14.2 Å². The predicted octanol–water partition coefficient (Wildman–Crippen LogP) is 1.15. The summed E-state index contributed by atoms with van der Waals surface area (Å²) >= 11 is 0. The topological polar surface area (TPSA) is 127 Å². The van der Waals surface area contributed by atoms with E-state index in [4.69, 9.17) is 27.8 Å². The van der Waals surface area contributed by atoms with Crippen LogP contribution >= 0.6 is 7.82 Å². The highest BCUT2D eigenvalue weighted by Crippen LogP contribution is 2.51. The summed E-state index contributed by atoms with van der Waals surface area (Å²) in [6.07, 6.45) is -1.46. The molecule has 3 rings (SSSR count). The molecule has 0 amide bonds. The fourth-order valence-corrected chi connectivity index (χ4v) is 4.42. The van der Waals surface area contributed by atoms with Crippen LogP contribution in [0.5, 0.6) is 0 Å². The molecule has 2 fully saturated rings. The molecule has 2 aliphatic heterocycles. The predicted molar refractivity (Wildman–Crippen MR) is 95.9 cm³/mol. The van der Waals surface area contributed by atoms with Crippen molar-refractivity contribution in [2.24, 2.45) is 0 Å². The fourth-order valence-electron chi connectivity index (χ4n) is 3.24. The first-order valence-electron chi connectivity index (χ1n) is 9.04. The molecular formula is C16H25N2O9P. The van der Waals surface area contributed by atoms with E-state index in [2.05, 4.69) is 4.98 Å². The summed E-state index contributed by atoms with van der Waals surface area (Å²) in [5.74, 6) is -0.912. The summed E-state index contributed by atoms with van der Waals surface area (Å²) in [4.78, 5) is 25.7. The summed E-state index contributed by atoms with van der Waals surface area (Å²) in [6.45, 7) is 6.96. The van der Waals surface area contributed by atoms with Crippen molar-refractivity contribution in [1.29, 1.82) is 0 Å². The lowest BCUT2D eigenvalue weighted by atomic mass is 10.1. The number of phosphoric ester groups is 1. The van der Waals surface area contributed by atoms with E-state index in [1.54, 1.807) is 27.7 Å². The molecular weight excluding hydrogens is 395 g/mol. The van der Waals surface area contributed by atoms with Crippen molar-refractivity contribution < 1.29 is 32.3 Å². The molecule has 4 atom stereocenters. The Hall–Kier alpha value is -1.33. The third-order valence-corrected chi connectivity index (χ3v) is 5.84. The Labute approximate surface area is 161 Å². The molecule has 11 nitrogen and oxygen atoms in total. The standard InChI is InChI=1S/C16H25N2O9P/c1-5-22-28(21,23-6-2)24-9-10-12-13(27-16(3,4)26-12)14(25-10)18-8-7-11(19)17-15(18)20/h7-8,10,12-14H,5-6,9H2,1-4H3,(H,17,19,20)/t10-,12-,13-,14-/m1/s1. The number of aromatic nitrogens is 2. The number of aromatic amines is 1. The number of nitrogens with zero attached hydrogens (tertiary/aromatic N) is 1. The minimum atomic E-state index is -3.74. The molecule has 1 N–H and O–H groups in total. The highest BCUT2D eigenvalue weighted by atomic mass is 31.2. The smallest absolute Gasteiger partial charge is 0.346 e. The van der Waals surface area contributed by atoms with Crippen molar-refractivity contribution in [3.8, 4) is 0 Å². The van der Waals surface area contributed by atoms with Crippen LogP contribution in [-0.4, -0.2) is 53.5 Å². The minimum Gasteiger partial charge on any atom is -0.346 e. The van der Waals surface area contributed by atoms with Crippen molar-refractivity contribution in [1.82, 2.24) is 9.55 Å². The first kappa shape index (κ1) is 21.4. The van der Waals surface area contributed by atoms with E-state index in [9.17, 15) is 14.2 Å². The molecule has 2 saturated heterocycles. The van der Waals surface area contributed by atoms with Gasteiger partial charge in [-0.3, -0.25) is 27.9 Å². The minimum absolute atomic E-state index is 0.150. The number of phosphoric acid groups is 1. The zero-order valence-corrected chi connectivity index (χ0v) is 17.0. The van der Waals surface area contributed by atoms with Crippen LogP contribution in [0, 0.1) is 0 Å². The largest absolute Gasteiger partial charge is 0.474 e. The summed E-state index contributed by atoms with van der Waals surface area (Å²) < 4.78 is 47.1. The molecule has 0 aliphatic carbocycles. The summed E-state index contributed by atoms with van der Waals surface area (Å²) in [5.41, 5.74) is -1.16. The van der Waals surface area contributed by atoms with Gasteiger partial charge in [-0.15, -0.1) is 0 Å². The summed E-state index contributed by atoms with van der Waals surface area (Å²) in [7, 11) is -3.74. The lowest BCUT2D eigenvalue weighted by Crippen LogP contribution is -2.37. The molecule has 1 aromatic heterocycles. The highest BCUT2D eigenvalue weighted by Gasteiger charge is 2.56. The van der Waals surface area contributed by atoms with Crippen LogP contribution in [0.2, 0.25) is 0 Å². The lowest BCUT2D eigenvalue weighted by Gasteiger charge is -2.25. The summed E-state index contributed by atoms with van der Waals surface area (Å²) in [6, 6.07) is 1.21. The molecule has 12 heteroatoms. The Balaban J connectivity index is 1.82. The van der Waals surface area contributed by atoms with Gasteiger partial charge in [0.2, 0.25) is 0 Å². The summed E-state index contributed by atoms with van der Waals surface area (Å²) in [5, 5.41) is 0. The molecule has 0 bridgehead atoms. The van der Waals surface area contributed by atoms with Crippen LogP contribution in [0.25, 0.3) is 0 Å². The van der Waals surface area contributed by atoms with E-state index in [-0.39, 0.29) is 19.8 Å². The zero-order chi connectivity index (χ0) is 20.5. The zero-order valence-electron chi connectivity index (χ0n) is 16.2. The quantitative estimate of drug-likeness (QED) is 0.616. The van der Waals surface area contributed by atoms with Crippen LogP contribution < -0.4 is 11.2 Å². The number of ether oxygens (including phenoxy) is 3. The van der Waals surface area contributed by atoms with Crippen molar-refractivity contribution in [2.75, 3.05) is 19.8 Å². The van der Waals surface area contributed by atoms with E-state index >= 15 is 0 Å². The second-order valence-electron chi connectivity index (χ2n) is 6.73. The Kier molecular flexibility index (Phi) is 6.26. The van der Waals surface area contributed by atoms with Crippen molar-refractivity contribution in [2.45, 2.75) is 58.0 Å². The average molecular weight is 420 g/mol. The van der Waals surface area contributed by atoms with Crippen molar-refractivity contribution in [3.05, 3.63) is 33.1 Å². The second-order valence-corrected chi connectivity index (χ2v) is 8.39. The van der Waals surface area contributed by atoms with Gasteiger partial charge in [0.15, 0.2) is 12.0 Å². The molecule has 3 heterocycles. The number of H-pyrrole nitrogens is 1. The average Bonchev–Trinajstić information content (AvgIpc) is 3.07. The van der Waals surface area contributed by atoms with Crippen LogP contribution in [0.1, 0.15) is 33.9 Å². The van der Waals surface area contributed by atoms with E-state index in [0.717, 1.165) is 0 Å². The van der Waals surface area contributed by atoms with E-state index in [0.29, 0.717) is 0 Å². The van der Waals surface area contributed by atoms with Crippen LogP contribution in [-0.2, 0) is 32.3 Å². The molecule has 158 valence electrons. The van der Waals surface area contributed by atoms with Gasteiger partial charge in [-0.1, -0.05) is 0 Å². The third kappa shape index (κ3) is 4.46.